The Labute approximate surface area is 90.8 Å². The molecule has 0 fully saturated rings. The van der Waals surface area contributed by atoms with E-state index in [0.717, 1.165) is 19.5 Å². The van der Waals surface area contributed by atoms with Crippen LogP contribution in [0.1, 0.15) is 13.3 Å². The van der Waals surface area contributed by atoms with Gasteiger partial charge in [0, 0.05) is 20.2 Å². The number of rotatable bonds is 5. The van der Waals surface area contributed by atoms with E-state index in [-0.39, 0.29) is 12.5 Å². The van der Waals surface area contributed by atoms with Crippen LogP contribution in [0, 0.1) is 0 Å². The topological polar surface area (TPSA) is 38.8 Å². The van der Waals surface area contributed by atoms with Gasteiger partial charge in [0.25, 0.3) is 0 Å². The lowest BCUT2D eigenvalue weighted by Gasteiger charge is -2.26. The van der Waals surface area contributed by atoms with Gasteiger partial charge in [-0.3, -0.25) is 4.79 Å². The van der Waals surface area contributed by atoms with E-state index in [4.69, 9.17) is 9.47 Å². The molecule has 0 aromatic heterocycles. The fourth-order valence-electron chi connectivity index (χ4n) is 1.52. The van der Waals surface area contributed by atoms with Gasteiger partial charge in [-0.1, -0.05) is 11.6 Å². The molecule has 0 spiro atoms. The first kappa shape index (κ1) is 12.2. The SMILES string of the molecule is COCCOCC(=O)N1CCC=C(C)C1. The smallest absolute Gasteiger partial charge is 0.248 e. The molecule has 86 valence electrons. The number of ether oxygens (including phenoxy) is 2. The van der Waals surface area contributed by atoms with Gasteiger partial charge in [0.05, 0.1) is 13.2 Å². The van der Waals surface area contributed by atoms with Crippen molar-refractivity contribution in [3.63, 3.8) is 0 Å². The quantitative estimate of drug-likeness (QED) is 0.501. The van der Waals surface area contributed by atoms with Gasteiger partial charge in [-0.05, 0) is 13.3 Å². The van der Waals surface area contributed by atoms with Gasteiger partial charge in [0.2, 0.25) is 5.91 Å². The summed E-state index contributed by atoms with van der Waals surface area (Å²) in [5.41, 5.74) is 1.26. The third-order valence-electron chi connectivity index (χ3n) is 2.34. The molecule has 0 aromatic rings. The zero-order chi connectivity index (χ0) is 11.1. The molecule has 0 radical (unpaired) electrons. The maximum Gasteiger partial charge on any atom is 0.248 e. The molecule has 0 bridgehead atoms. The summed E-state index contributed by atoms with van der Waals surface area (Å²) < 4.78 is 10.0. The van der Waals surface area contributed by atoms with E-state index in [1.54, 1.807) is 7.11 Å². The normalized spacial score (nSPS) is 16.4. The summed E-state index contributed by atoms with van der Waals surface area (Å²) in [6.45, 7) is 4.77. The fraction of sp³-hybridized carbons (Fsp3) is 0.727. The number of methoxy groups -OCH3 is 1. The second kappa shape index (κ2) is 6.58. The van der Waals surface area contributed by atoms with Crippen molar-refractivity contribution in [2.24, 2.45) is 0 Å². The summed E-state index contributed by atoms with van der Waals surface area (Å²) in [7, 11) is 1.62. The molecule has 4 heteroatoms. The van der Waals surface area contributed by atoms with Crippen molar-refractivity contribution >= 4 is 5.91 Å². The molecule has 0 N–H and O–H groups in total. The summed E-state index contributed by atoms with van der Waals surface area (Å²) in [5, 5.41) is 0. The van der Waals surface area contributed by atoms with Gasteiger partial charge in [0.1, 0.15) is 6.61 Å². The molecule has 0 aromatic carbocycles. The van der Waals surface area contributed by atoms with Gasteiger partial charge in [0.15, 0.2) is 0 Å². The maximum absolute atomic E-state index is 11.6. The summed E-state index contributed by atoms with van der Waals surface area (Å²) in [6, 6.07) is 0. The standard InChI is InChI=1S/C11H19NO3/c1-10-4-3-5-12(8-10)11(13)9-15-7-6-14-2/h4H,3,5-9H2,1-2H3. The Morgan fingerprint density at radius 1 is 1.53 bits per heavy atom. The van der Waals surface area contributed by atoms with Crippen LogP contribution in [0.25, 0.3) is 0 Å². The third kappa shape index (κ3) is 4.44. The molecule has 0 unspecified atom stereocenters. The van der Waals surface area contributed by atoms with Crippen LogP contribution in [0.4, 0.5) is 0 Å². The van der Waals surface area contributed by atoms with E-state index >= 15 is 0 Å². The number of hydrogen-bond donors (Lipinski definition) is 0. The van der Waals surface area contributed by atoms with E-state index in [1.807, 2.05) is 11.8 Å². The molecule has 0 saturated carbocycles. The lowest BCUT2D eigenvalue weighted by molar-refractivity contribution is -0.136. The molecule has 1 amide bonds. The minimum atomic E-state index is 0.0681. The van der Waals surface area contributed by atoms with Crippen molar-refractivity contribution in [2.75, 3.05) is 40.0 Å². The fourth-order valence-corrected chi connectivity index (χ4v) is 1.52. The molecule has 4 nitrogen and oxygen atoms in total. The van der Waals surface area contributed by atoms with E-state index in [2.05, 4.69) is 6.08 Å². The van der Waals surface area contributed by atoms with Crippen LogP contribution in [-0.2, 0) is 14.3 Å². The Morgan fingerprint density at radius 3 is 3.00 bits per heavy atom. The number of nitrogens with zero attached hydrogens (tertiary/aromatic N) is 1. The van der Waals surface area contributed by atoms with Crippen molar-refractivity contribution in [2.45, 2.75) is 13.3 Å². The van der Waals surface area contributed by atoms with E-state index < -0.39 is 0 Å². The highest BCUT2D eigenvalue weighted by molar-refractivity contribution is 5.77. The zero-order valence-electron chi connectivity index (χ0n) is 9.49. The van der Waals surface area contributed by atoms with Crippen LogP contribution in [0.2, 0.25) is 0 Å². The number of carbonyl (C=O) groups is 1. The first-order valence-corrected chi connectivity index (χ1v) is 5.24. The number of carbonyl (C=O) groups excluding carboxylic acids is 1. The van der Waals surface area contributed by atoms with E-state index in [0.29, 0.717) is 13.2 Å². The monoisotopic (exact) mass is 213 g/mol. The Morgan fingerprint density at radius 2 is 2.33 bits per heavy atom. The summed E-state index contributed by atoms with van der Waals surface area (Å²) >= 11 is 0. The molecule has 1 rings (SSSR count). The van der Waals surface area contributed by atoms with Crippen molar-refractivity contribution < 1.29 is 14.3 Å². The highest BCUT2D eigenvalue weighted by Gasteiger charge is 2.15. The van der Waals surface area contributed by atoms with Crippen molar-refractivity contribution in [1.29, 1.82) is 0 Å². The average Bonchev–Trinajstić information content (AvgIpc) is 2.24. The van der Waals surface area contributed by atoms with Crippen LogP contribution in [0.5, 0.6) is 0 Å². The second-order valence-electron chi connectivity index (χ2n) is 3.70. The number of amides is 1. The Balaban J connectivity index is 2.19. The van der Waals surface area contributed by atoms with Gasteiger partial charge < -0.3 is 14.4 Å². The van der Waals surface area contributed by atoms with Gasteiger partial charge in [-0.2, -0.15) is 0 Å². The predicted octanol–water partition coefficient (Wildman–Crippen LogP) is 0.828. The maximum atomic E-state index is 11.6. The van der Waals surface area contributed by atoms with E-state index in [9.17, 15) is 4.79 Å². The van der Waals surface area contributed by atoms with E-state index in [1.165, 1.54) is 5.57 Å². The van der Waals surface area contributed by atoms with Gasteiger partial charge in [-0.15, -0.1) is 0 Å². The molecular formula is C11H19NO3. The van der Waals surface area contributed by atoms with Crippen LogP contribution in [0.3, 0.4) is 0 Å². The van der Waals surface area contributed by atoms with Crippen LogP contribution in [-0.4, -0.2) is 50.8 Å². The lowest BCUT2D eigenvalue weighted by atomic mass is 10.1. The Hall–Kier alpha value is -0.870. The molecule has 1 heterocycles. The first-order chi connectivity index (χ1) is 7.24. The first-order valence-electron chi connectivity index (χ1n) is 5.24. The number of hydrogen-bond acceptors (Lipinski definition) is 3. The second-order valence-corrected chi connectivity index (χ2v) is 3.70. The summed E-state index contributed by atoms with van der Waals surface area (Å²) in [6.07, 6.45) is 3.13. The third-order valence-corrected chi connectivity index (χ3v) is 2.34. The van der Waals surface area contributed by atoms with Gasteiger partial charge in [-0.25, -0.2) is 0 Å². The van der Waals surface area contributed by atoms with Gasteiger partial charge >= 0.3 is 0 Å². The molecule has 0 saturated heterocycles. The molecule has 15 heavy (non-hydrogen) atoms. The summed E-state index contributed by atoms with van der Waals surface area (Å²) in [5.74, 6) is 0.0681. The molecule has 1 aliphatic heterocycles. The minimum absolute atomic E-state index is 0.0681. The largest absolute Gasteiger partial charge is 0.382 e. The molecule has 0 aliphatic carbocycles. The molecule has 0 atom stereocenters. The minimum Gasteiger partial charge on any atom is -0.382 e. The predicted molar refractivity (Wildman–Crippen MR) is 57.6 cm³/mol. The van der Waals surface area contributed by atoms with Crippen molar-refractivity contribution in [3.05, 3.63) is 11.6 Å². The van der Waals surface area contributed by atoms with Crippen molar-refractivity contribution in [1.82, 2.24) is 4.90 Å². The Kier molecular flexibility index (Phi) is 5.36. The average molecular weight is 213 g/mol. The van der Waals surface area contributed by atoms with Crippen LogP contribution in [0.15, 0.2) is 11.6 Å². The highest BCUT2D eigenvalue weighted by Crippen LogP contribution is 2.08. The molecular weight excluding hydrogens is 194 g/mol. The zero-order valence-corrected chi connectivity index (χ0v) is 9.49. The molecule has 1 aliphatic rings. The highest BCUT2D eigenvalue weighted by atomic mass is 16.5. The lowest BCUT2D eigenvalue weighted by Crippen LogP contribution is -2.38. The van der Waals surface area contributed by atoms with Crippen LogP contribution < -0.4 is 0 Å². The van der Waals surface area contributed by atoms with Crippen LogP contribution >= 0.6 is 0 Å². The Bertz CT molecular complexity index is 238. The summed E-state index contributed by atoms with van der Waals surface area (Å²) in [4.78, 5) is 13.5. The van der Waals surface area contributed by atoms with Crippen molar-refractivity contribution in [3.8, 4) is 0 Å².